The van der Waals surface area contributed by atoms with Gasteiger partial charge in [-0.15, -0.1) is 11.3 Å². The summed E-state index contributed by atoms with van der Waals surface area (Å²) in [6.45, 7) is 2.02. The van der Waals surface area contributed by atoms with E-state index >= 15 is 0 Å². The molecule has 0 radical (unpaired) electrons. The Morgan fingerprint density at radius 1 is 1.39 bits per heavy atom. The van der Waals surface area contributed by atoms with Crippen molar-refractivity contribution in [2.24, 2.45) is 0 Å². The van der Waals surface area contributed by atoms with Gasteiger partial charge in [0.2, 0.25) is 0 Å². The molecule has 0 bridgehead atoms. The van der Waals surface area contributed by atoms with Crippen LogP contribution in [0.15, 0.2) is 45.6 Å². The number of carbonyl (C=O) groups excluding carboxylic acids is 1. The van der Waals surface area contributed by atoms with Crippen molar-refractivity contribution in [3.8, 4) is 0 Å². The number of hydrogen-bond acceptors (Lipinski definition) is 2. The lowest BCUT2D eigenvalue weighted by atomic mass is 10.1. The standard InChI is InChI=1S/C14H14BrNOS/c1-10(7-11-5-3-2-4-6-11)16-14(17)12-8-13(15)18-9-12/h2-6,8-10H,7H2,1H3,(H,16,17). The summed E-state index contributed by atoms with van der Waals surface area (Å²) in [5.74, 6) is -0.0135. The van der Waals surface area contributed by atoms with Crippen LogP contribution in [-0.4, -0.2) is 11.9 Å². The van der Waals surface area contributed by atoms with E-state index in [1.165, 1.54) is 16.9 Å². The highest BCUT2D eigenvalue weighted by molar-refractivity contribution is 9.11. The first-order chi connectivity index (χ1) is 8.65. The fourth-order valence-electron chi connectivity index (χ4n) is 1.75. The molecule has 0 aliphatic rings. The number of amides is 1. The van der Waals surface area contributed by atoms with Gasteiger partial charge in [-0.05, 0) is 40.9 Å². The van der Waals surface area contributed by atoms with Crippen LogP contribution in [0.5, 0.6) is 0 Å². The van der Waals surface area contributed by atoms with Crippen LogP contribution < -0.4 is 5.32 Å². The van der Waals surface area contributed by atoms with Crippen LogP contribution in [0.1, 0.15) is 22.8 Å². The van der Waals surface area contributed by atoms with Crippen molar-refractivity contribution in [3.63, 3.8) is 0 Å². The summed E-state index contributed by atoms with van der Waals surface area (Å²) in [7, 11) is 0. The quantitative estimate of drug-likeness (QED) is 0.909. The highest BCUT2D eigenvalue weighted by atomic mass is 79.9. The highest BCUT2D eigenvalue weighted by Crippen LogP contribution is 2.20. The molecule has 1 heterocycles. The zero-order chi connectivity index (χ0) is 13.0. The molecule has 94 valence electrons. The van der Waals surface area contributed by atoms with Gasteiger partial charge in [0.25, 0.3) is 5.91 Å². The molecular weight excluding hydrogens is 310 g/mol. The zero-order valence-corrected chi connectivity index (χ0v) is 12.4. The maximum atomic E-state index is 11.9. The van der Waals surface area contributed by atoms with Crippen LogP contribution >= 0.6 is 27.3 Å². The van der Waals surface area contributed by atoms with Crippen molar-refractivity contribution in [2.75, 3.05) is 0 Å². The van der Waals surface area contributed by atoms with Crippen LogP contribution in [0.2, 0.25) is 0 Å². The first-order valence-electron chi connectivity index (χ1n) is 5.74. The van der Waals surface area contributed by atoms with E-state index in [0.717, 1.165) is 10.2 Å². The van der Waals surface area contributed by atoms with Crippen molar-refractivity contribution in [3.05, 3.63) is 56.7 Å². The summed E-state index contributed by atoms with van der Waals surface area (Å²) in [6, 6.07) is 12.1. The van der Waals surface area contributed by atoms with Gasteiger partial charge in [-0.1, -0.05) is 30.3 Å². The Morgan fingerprint density at radius 3 is 2.72 bits per heavy atom. The van der Waals surface area contributed by atoms with E-state index in [2.05, 4.69) is 33.4 Å². The zero-order valence-electron chi connectivity index (χ0n) is 10.0. The smallest absolute Gasteiger partial charge is 0.252 e. The Morgan fingerprint density at radius 2 is 2.11 bits per heavy atom. The Kier molecular flexibility index (Phi) is 4.55. The third kappa shape index (κ3) is 3.68. The molecule has 1 aromatic heterocycles. The minimum absolute atomic E-state index is 0.0135. The Bertz CT molecular complexity index is 524. The van der Waals surface area contributed by atoms with Crippen LogP contribution in [0.4, 0.5) is 0 Å². The van der Waals surface area contributed by atoms with E-state index in [9.17, 15) is 4.79 Å². The molecule has 0 aliphatic carbocycles. The molecular formula is C14H14BrNOS. The largest absolute Gasteiger partial charge is 0.349 e. The van der Waals surface area contributed by atoms with Gasteiger partial charge in [-0.25, -0.2) is 0 Å². The molecule has 0 spiro atoms. The lowest BCUT2D eigenvalue weighted by Gasteiger charge is -2.13. The van der Waals surface area contributed by atoms with Crippen LogP contribution in [0.25, 0.3) is 0 Å². The second kappa shape index (κ2) is 6.16. The summed E-state index contributed by atoms with van der Waals surface area (Å²) in [5.41, 5.74) is 1.95. The summed E-state index contributed by atoms with van der Waals surface area (Å²) in [6.07, 6.45) is 0.845. The monoisotopic (exact) mass is 323 g/mol. The molecule has 1 atom stereocenters. The molecule has 2 aromatic rings. The Labute approximate surface area is 119 Å². The van der Waals surface area contributed by atoms with Crippen molar-refractivity contribution < 1.29 is 4.79 Å². The lowest BCUT2D eigenvalue weighted by Crippen LogP contribution is -2.33. The summed E-state index contributed by atoms with van der Waals surface area (Å²) in [5, 5.41) is 4.86. The van der Waals surface area contributed by atoms with E-state index in [4.69, 9.17) is 0 Å². The topological polar surface area (TPSA) is 29.1 Å². The normalized spacial score (nSPS) is 12.1. The van der Waals surface area contributed by atoms with Crippen molar-refractivity contribution in [1.29, 1.82) is 0 Å². The highest BCUT2D eigenvalue weighted by Gasteiger charge is 2.11. The Hall–Kier alpha value is -1.13. The molecule has 0 saturated heterocycles. The van der Waals surface area contributed by atoms with E-state index in [1.807, 2.05) is 36.6 Å². The van der Waals surface area contributed by atoms with Gasteiger partial charge in [-0.3, -0.25) is 4.79 Å². The number of thiophene rings is 1. The summed E-state index contributed by atoms with van der Waals surface area (Å²) >= 11 is 4.88. The van der Waals surface area contributed by atoms with Crippen LogP contribution in [0.3, 0.4) is 0 Å². The molecule has 0 aliphatic heterocycles. The van der Waals surface area contributed by atoms with Gasteiger partial charge < -0.3 is 5.32 Å². The van der Waals surface area contributed by atoms with E-state index in [1.54, 1.807) is 0 Å². The van der Waals surface area contributed by atoms with E-state index < -0.39 is 0 Å². The second-order valence-electron chi connectivity index (χ2n) is 4.20. The molecule has 2 nitrogen and oxygen atoms in total. The maximum Gasteiger partial charge on any atom is 0.252 e. The first kappa shape index (κ1) is 13.3. The molecule has 1 N–H and O–H groups in total. The molecule has 0 fully saturated rings. The number of carbonyl (C=O) groups is 1. The van der Waals surface area contributed by atoms with Gasteiger partial charge in [0.15, 0.2) is 0 Å². The number of rotatable bonds is 4. The van der Waals surface area contributed by atoms with Crippen LogP contribution in [0, 0.1) is 0 Å². The predicted octanol–water partition coefficient (Wildman–Crippen LogP) is 3.87. The van der Waals surface area contributed by atoms with E-state index in [0.29, 0.717) is 5.56 Å². The minimum atomic E-state index is -0.0135. The van der Waals surface area contributed by atoms with Crippen LogP contribution in [-0.2, 0) is 6.42 Å². The van der Waals surface area contributed by atoms with Crippen molar-refractivity contribution in [1.82, 2.24) is 5.32 Å². The molecule has 2 rings (SSSR count). The molecule has 0 saturated carbocycles. The number of halogens is 1. The van der Waals surface area contributed by atoms with Gasteiger partial charge >= 0.3 is 0 Å². The van der Waals surface area contributed by atoms with E-state index in [-0.39, 0.29) is 11.9 Å². The third-order valence-electron chi connectivity index (χ3n) is 2.59. The molecule has 4 heteroatoms. The van der Waals surface area contributed by atoms with Gasteiger partial charge in [0.1, 0.15) is 0 Å². The molecule has 1 amide bonds. The SMILES string of the molecule is CC(Cc1ccccc1)NC(=O)c1csc(Br)c1. The predicted molar refractivity (Wildman–Crippen MR) is 79.1 cm³/mol. The van der Waals surface area contributed by atoms with Gasteiger partial charge in [0.05, 0.1) is 9.35 Å². The maximum absolute atomic E-state index is 11.9. The second-order valence-corrected chi connectivity index (χ2v) is 6.49. The lowest BCUT2D eigenvalue weighted by molar-refractivity contribution is 0.0940. The minimum Gasteiger partial charge on any atom is -0.349 e. The number of nitrogens with one attached hydrogen (secondary N) is 1. The molecule has 1 unspecified atom stereocenters. The average molecular weight is 324 g/mol. The summed E-state index contributed by atoms with van der Waals surface area (Å²) in [4.78, 5) is 11.9. The fourth-order valence-corrected chi connectivity index (χ4v) is 2.89. The number of hydrogen-bond donors (Lipinski definition) is 1. The number of benzene rings is 1. The van der Waals surface area contributed by atoms with Gasteiger partial charge in [0, 0.05) is 11.4 Å². The summed E-state index contributed by atoms with van der Waals surface area (Å²) < 4.78 is 0.975. The van der Waals surface area contributed by atoms with Gasteiger partial charge in [-0.2, -0.15) is 0 Å². The first-order valence-corrected chi connectivity index (χ1v) is 7.41. The van der Waals surface area contributed by atoms with Crippen molar-refractivity contribution in [2.45, 2.75) is 19.4 Å². The average Bonchev–Trinajstić information content (AvgIpc) is 2.77. The van der Waals surface area contributed by atoms with Crippen molar-refractivity contribution >= 4 is 33.2 Å². The molecule has 1 aromatic carbocycles. The fraction of sp³-hybridized carbons (Fsp3) is 0.214. The third-order valence-corrected chi connectivity index (χ3v) is 4.10. The molecule has 18 heavy (non-hydrogen) atoms. The Balaban J connectivity index is 1.92.